The third kappa shape index (κ3) is 6.05. The van der Waals surface area contributed by atoms with Crippen LogP contribution < -0.4 is 15.5 Å². The first-order valence-electron chi connectivity index (χ1n) is 10.1. The van der Waals surface area contributed by atoms with Gasteiger partial charge in [-0.25, -0.2) is 4.39 Å². The highest BCUT2D eigenvalue weighted by molar-refractivity contribution is 9.10. The Morgan fingerprint density at radius 2 is 1.77 bits per heavy atom. The Kier molecular flexibility index (Phi) is 8.84. The minimum Gasteiger partial charge on any atom is -0.370 e. The number of hydrogen-bond acceptors (Lipinski definition) is 3. The van der Waals surface area contributed by atoms with Crippen LogP contribution in [-0.4, -0.2) is 30.9 Å². The molecule has 5 nitrogen and oxygen atoms in total. The van der Waals surface area contributed by atoms with Gasteiger partial charge in [0.15, 0.2) is 0 Å². The molecule has 1 unspecified atom stereocenters. The molecule has 30 heavy (non-hydrogen) atoms. The van der Waals surface area contributed by atoms with Crippen LogP contribution in [0.2, 0.25) is 0 Å². The molecule has 0 spiro atoms. The number of rotatable bonds is 9. The molecule has 0 aliphatic heterocycles. The predicted molar refractivity (Wildman–Crippen MR) is 122 cm³/mol. The van der Waals surface area contributed by atoms with Gasteiger partial charge in [0.25, 0.3) is 5.91 Å². The summed E-state index contributed by atoms with van der Waals surface area (Å²) in [4.78, 5) is 27.2. The number of anilines is 1. The van der Waals surface area contributed by atoms with Crippen molar-refractivity contribution >= 4 is 33.4 Å². The molecule has 0 heterocycles. The number of halogens is 2. The number of nitrogens with zero attached hydrogens (tertiary/aromatic N) is 1. The zero-order valence-electron chi connectivity index (χ0n) is 17.8. The molecule has 0 bridgehead atoms. The van der Waals surface area contributed by atoms with Crippen LogP contribution in [0.3, 0.4) is 0 Å². The average molecular weight is 478 g/mol. The molecule has 0 saturated carbocycles. The molecule has 7 heteroatoms. The van der Waals surface area contributed by atoms with Gasteiger partial charge in [0.2, 0.25) is 5.91 Å². The largest absolute Gasteiger partial charge is 0.370 e. The van der Waals surface area contributed by atoms with Crippen molar-refractivity contribution in [3.05, 3.63) is 63.9 Å². The number of carbonyl (C=O) groups excluding carboxylic acids is 2. The number of nitrogens with one attached hydrogen (secondary N) is 2. The van der Waals surface area contributed by atoms with Gasteiger partial charge in [0, 0.05) is 24.1 Å². The maximum Gasteiger partial charge on any atom is 0.253 e. The van der Waals surface area contributed by atoms with E-state index in [1.807, 2.05) is 38.7 Å². The fourth-order valence-corrected chi connectivity index (χ4v) is 3.64. The van der Waals surface area contributed by atoms with Crippen LogP contribution in [0.5, 0.6) is 0 Å². The lowest BCUT2D eigenvalue weighted by Crippen LogP contribution is -2.49. The topological polar surface area (TPSA) is 61.4 Å². The van der Waals surface area contributed by atoms with E-state index in [4.69, 9.17) is 0 Å². The van der Waals surface area contributed by atoms with Gasteiger partial charge in [-0.05, 0) is 65.5 Å². The molecule has 0 saturated heterocycles. The van der Waals surface area contributed by atoms with E-state index in [-0.39, 0.29) is 30.1 Å². The summed E-state index contributed by atoms with van der Waals surface area (Å²) in [6.45, 7) is 9.30. The minimum atomic E-state index is -0.704. The van der Waals surface area contributed by atoms with Gasteiger partial charge in [-0.3, -0.25) is 9.59 Å². The van der Waals surface area contributed by atoms with Crippen LogP contribution >= 0.6 is 15.9 Å². The standard InChI is InChI=1S/C23H29BrFN3O2/c1-5-28(6-2)20-12-11-16(13-19(20)25)14-26-23(30)21(15(3)4)27-22(29)17-9-7-8-10-18(17)24/h7-13,15,21H,5-6,14H2,1-4H3,(H,26,30)(H,27,29). The van der Waals surface area contributed by atoms with E-state index in [9.17, 15) is 14.0 Å². The van der Waals surface area contributed by atoms with Crippen molar-refractivity contribution in [3.8, 4) is 0 Å². The predicted octanol–water partition coefficient (Wildman–Crippen LogP) is 4.51. The van der Waals surface area contributed by atoms with Crippen molar-refractivity contribution in [2.24, 2.45) is 5.92 Å². The smallest absolute Gasteiger partial charge is 0.253 e. The van der Waals surface area contributed by atoms with E-state index < -0.39 is 6.04 Å². The molecule has 162 valence electrons. The van der Waals surface area contributed by atoms with E-state index in [0.717, 1.165) is 13.1 Å². The van der Waals surface area contributed by atoms with Crippen molar-refractivity contribution < 1.29 is 14.0 Å². The zero-order chi connectivity index (χ0) is 22.3. The third-order valence-corrected chi connectivity index (χ3v) is 5.63. The van der Waals surface area contributed by atoms with Crippen LogP contribution in [0.25, 0.3) is 0 Å². The molecular formula is C23H29BrFN3O2. The van der Waals surface area contributed by atoms with Gasteiger partial charge < -0.3 is 15.5 Å². The molecule has 0 radical (unpaired) electrons. The fraction of sp³-hybridized carbons (Fsp3) is 0.391. The van der Waals surface area contributed by atoms with Crippen molar-refractivity contribution in [1.29, 1.82) is 0 Å². The Labute approximate surface area is 186 Å². The summed E-state index contributed by atoms with van der Waals surface area (Å²) in [5.41, 5.74) is 1.68. The third-order valence-electron chi connectivity index (χ3n) is 4.94. The van der Waals surface area contributed by atoms with Crippen LogP contribution in [0.15, 0.2) is 46.9 Å². The first-order chi connectivity index (χ1) is 14.3. The highest BCUT2D eigenvalue weighted by atomic mass is 79.9. The zero-order valence-corrected chi connectivity index (χ0v) is 19.4. The van der Waals surface area contributed by atoms with Crippen molar-refractivity contribution in [1.82, 2.24) is 10.6 Å². The molecule has 0 fully saturated rings. The Bertz CT molecular complexity index is 885. The number of hydrogen-bond donors (Lipinski definition) is 2. The summed E-state index contributed by atoms with van der Waals surface area (Å²) >= 11 is 3.35. The van der Waals surface area contributed by atoms with Crippen molar-refractivity contribution in [2.45, 2.75) is 40.3 Å². The summed E-state index contributed by atoms with van der Waals surface area (Å²) in [5, 5.41) is 5.61. The summed E-state index contributed by atoms with van der Waals surface area (Å²) < 4.78 is 15.1. The molecule has 2 aromatic rings. The van der Waals surface area contributed by atoms with Gasteiger partial charge >= 0.3 is 0 Å². The van der Waals surface area contributed by atoms with Crippen molar-refractivity contribution in [2.75, 3.05) is 18.0 Å². The number of carbonyl (C=O) groups is 2. The molecule has 2 N–H and O–H groups in total. The normalized spacial score (nSPS) is 11.8. The van der Waals surface area contributed by atoms with Gasteiger partial charge in [-0.2, -0.15) is 0 Å². The summed E-state index contributed by atoms with van der Waals surface area (Å²) in [6, 6.07) is 11.3. The second-order valence-electron chi connectivity index (χ2n) is 7.35. The maximum absolute atomic E-state index is 14.5. The minimum absolute atomic E-state index is 0.113. The van der Waals surface area contributed by atoms with Gasteiger partial charge in [0.1, 0.15) is 11.9 Å². The van der Waals surface area contributed by atoms with Crippen LogP contribution in [0, 0.1) is 11.7 Å². The first kappa shape index (κ1) is 23.9. The van der Waals surface area contributed by atoms with Gasteiger partial charge in [0.05, 0.1) is 11.3 Å². The Morgan fingerprint density at radius 3 is 2.33 bits per heavy atom. The van der Waals surface area contributed by atoms with Crippen LogP contribution in [0.1, 0.15) is 43.6 Å². The fourth-order valence-electron chi connectivity index (χ4n) is 3.18. The van der Waals surface area contributed by atoms with E-state index in [2.05, 4.69) is 26.6 Å². The number of amides is 2. The average Bonchev–Trinajstić information content (AvgIpc) is 2.72. The molecule has 0 aliphatic carbocycles. The molecular weight excluding hydrogens is 449 g/mol. The van der Waals surface area contributed by atoms with Crippen LogP contribution in [-0.2, 0) is 11.3 Å². The quantitative estimate of drug-likeness (QED) is 0.558. The molecule has 0 aliphatic rings. The number of benzene rings is 2. The molecule has 2 rings (SSSR count). The molecule has 0 aromatic heterocycles. The highest BCUT2D eigenvalue weighted by Gasteiger charge is 2.25. The lowest BCUT2D eigenvalue weighted by atomic mass is 10.0. The van der Waals surface area contributed by atoms with Gasteiger partial charge in [-0.1, -0.05) is 32.0 Å². The van der Waals surface area contributed by atoms with Gasteiger partial charge in [-0.15, -0.1) is 0 Å². The van der Waals surface area contributed by atoms with E-state index in [0.29, 0.717) is 21.3 Å². The highest BCUT2D eigenvalue weighted by Crippen LogP contribution is 2.20. The van der Waals surface area contributed by atoms with E-state index in [1.54, 1.807) is 30.3 Å². The second kappa shape index (κ2) is 11.1. The van der Waals surface area contributed by atoms with Crippen LogP contribution in [0.4, 0.5) is 10.1 Å². The first-order valence-corrected chi connectivity index (χ1v) is 10.9. The lowest BCUT2D eigenvalue weighted by molar-refractivity contribution is -0.124. The Hall–Kier alpha value is -2.41. The summed E-state index contributed by atoms with van der Waals surface area (Å²) in [7, 11) is 0. The molecule has 2 amide bonds. The second-order valence-corrected chi connectivity index (χ2v) is 8.21. The van der Waals surface area contributed by atoms with E-state index in [1.165, 1.54) is 6.07 Å². The summed E-state index contributed by atoms with van der Waals surface area (Å²) in [5.74, 6) is -1.06. The monoisotopic (exact) mass is 477 g/mol. The molecule has 1 atom stereocenters. The lowest BCUT2D eigenvalue weighted by Gasteiger charge is -2.23. The summed E-state index contributed by atoms with van der Waals surface area (Å²) in [6.07, 6.45) is 0. The maximum atomic E-state index is 14.5. The SMILES string of the molecule is CCN(CC)c1ccc(CNC(=O)C(NC(=O)c2ccccc2Br)C(C)C)cc1F. The Morgan fingerprint density at radius 1 is 1.10 bits per heavy atom. The van der Waals surface area contributed by atoms with E-state index >= 15 is 0 Å². The van der Waals surface area contributed by atoms with Crippen molar-refractivity contribution in [3.63, 3.8) is 0 Å². The Balaban J connectivity index is 2.04. The molecule has 2 aromatic carbocycles.